The van der Waals surface area contributed by atoms with E-state index in [1.165, 1.54) is 0 Å². The zero-order valence-corrected chi connectivity index (χ0v) is 15.8. The van der Waals surface area contributed by atoms with Gasteiger partial charge in [-0.3, -0.25) is 9.05 Å². The maximum atomic E-state index is 12.1. The predicted octanol–water partition coefficient (Wildman–Crippen LogP) is 2.48. The van der Waals surface area contributed by atoms with Crippen molar-refractivity contribution in [3.05, 3.63) is 0 Å². The SMILES string of the molecule is CNC(C(C)OP(=O)(O)OC(C)(C)C)C(C)(C)CN(C)C. The molecule has 0 aromatic rings. The van der Waals surface area contributed by atoms with Crippen LogP contribution < -0.4 is 5.32 Å². The first kappa shape index (κ1) is 21.0. The number of likely N-dealkylation sites (N-methyl/N-ethyl adjacent to an activating group) is 1. The third-order valence-corrected chi connectivity index (χ3v) is 4.41. The minimum Gasteiger partial charge on any atom is -0.314 e. The van der Waals surface area contributed by atoms with Gasteiger partial charge < -0.3 is 15.1 Å². The molecule has 0 rings (SSSR count). The predicted molar refractivity (Wildman–Crippen MR) is 86.4 cm³/mol. The van der Waals surface area contributed by atoms with Crippen LogP contribution in [0.25, 0.3) is 0 Å². The molecule has 0 radical (unpaired) electrons. The van der Waals surface area contributed by atoms with E-state index in [0.717, 1.165) is 6.54 Å². The first-order chi connectivity index (χ1) is 9.20. The average Bonchev–Trinajstić information content (AvgIpc) is 2.08. The third kappa shape index (κ3) is 8.29. The van der Waals surface area contributed by atoms with E-state index in [2.05, 4.69) is 24.1 Å². The van der Waals surface area contributed by atoms with E-state index < -0.39 is 19.5 Å². The summed E-state index contributed by atoms with van der Waals surface area (Å²) in [6, 6.07) is -0.0936. The van der Waals surface area contributed by atoms with Crippen molar-refractivity contribution in [2.75, 3.05) is 27.7 Å². The molecule has 0 heterocycles. The number of nitrogens with one attached hydrogen (secondary N) is 1. The lowest BCUT2D eigenvalue weighted by Crippen LogP contribution is -2.52. The first-order valence-electron chi connectivity index (χ1n) is 7.24. The van der Waals surface area contributed by atoms with Crippen LogP contribution in [0.15, 0.2) is 0 Å². The van der Waals surface area contributed by atoms with Gasteiger partial charge in [0.05, 0.1) is 11.7 Å². The highest BCUT2D eigenvalue weighted by Gasteiger charge is 2.38. The molecule has 0 saturated carbocycles. The van der Waals surface area contributed by atoms with Crippen LogP contribution >= 0.6 is 7.82 Å². The van der Waals surface area contributed by atoms with E-state index in [0.29, 0.717) is 0 Å². The van der Waals surface area contributed by atoms with Gasteiger partial charge in [-0.2, -0.15) is 0 Å². The van der Waals surface area contributed by atoms with Gasteiger partial charge in [0.2, 0.25) is 0 Å². The molecule has 0 aromatic heterocycles. The Labute approximate surface area is 129 Å². The molecule has 128 valence electrons. The zero-order valence-electron chi connectivity index (χ0n) is 14.9. The summed E-state index contributed by atoms with van der Waals surface area (Å²) >= 11 is 0. The molecule has 0 spiro atoms. The molecule has 6 nitrogen and oxygen atoms in total. The van der Waals surface area contributed by atoms with E-state index in [1.807, 2.05) is 21.1 Å². The zero-order chi connectivity index (χ0) is 17.1. The van der Waals surface area contributed by atoms with E-state index in [4.69, 9.17) is 9.05 Å². The second-order valence-electron chi connectivity index (χ2n) is 7.48. The Morgan fingerprint density at radius 3 is 2.05 bits per heavy atom. The first-order valence-corrected chi connectivity index (χ1v) is 8.74. The Morgan fingerprint density at radius 1 is 1.24 bits per heavy atom. The Bertz CT molecular complexity index is 366. The van der Waals surface area contributed by atoms with Gasteiger partial charge >= 0.3 is 7.82 Å². The van der Waals surface area contributed by atoms with Gasteiger partial charge in [0.25, 0.3) is 0 Å². The maximum absolute atomic E-state index is 12.1. The normalized spacial score (nSPS) is 19.4. The van der Waals surface area contributed by atoms with E-state index in [1.54, 1.807) is 27.7 Å². The molecule has 0 aliphatic rings. The molecule has 0 fully saturated rings. The van der Waals surface area contributed by atoms with Crippen molar-refractivity contribution in [2.45, 2.75) is 59.3 Å². The molecule has 0 aliphatic heterocycles. The lowest BCUT2D eigenvalue weighted by molar-refractivity contribution is 0.0167. The van der Waals surface area contributed by atoms with Crippen LogP contribution in [0.3, 0.4) is 0 Å². The second-order valence-corrected chi connectivity index (χ2v) is 8.81. The van der Waals surface area contributed by atoms with Crippen molar-refractivity contribution in [3.8, 4) is 0 Å². The van der Waals surface area contributed by atoms with Gasteiger partial charge in [0, 0.05) is 12.6 Å². The smallest absolute Gasteiger partial charge is 0.314 e. The molecule has 21 heavy (non-hydrogen) atoms. The maximum Gasteiger partial charge on any atom is 0.473 e. The number of hydrogen-bond acceptors (Lipinski definition) is 5. The third-order valence-electron chi connectivity index (χ3n) is 3.03. The summed E-state index contributed by atoms with van der Waals surface area (Å²) < 4.78 is 22.6. The van der Waals surface area contributed by atoms with Crippen molar-refractivity contribution in [3.63, 3.8) is 0 Å². The van der Waals surface area contributed by atoms with Crippen molar-refractivity contribution < 1.29 is 18.5 Å². The summed E-state index contributed by atoms with van der Waals surface area (Å²) in [5.74, 6) is 0. The van der Waals surface area contributed by atoms with Gasteiger partial charge in [-0.05, 0) is 54.3 Å². The molecule has 3 unspecified atom stereocenters. The second kappa shape index (κ2) is 7.53. The minimum absolute atomic E-state index is 0.0936. The summed E-state index contributed by atoms with van der Waals surface area (Å²) in [5, 5.41) is 3.19. The molecular weight excluding hydrogens is 291 g/mol. The van der Waals surface area contributed by atoms with E-state index in [-0.39, 0.29) is 11.5 Å². The quantitative estimate of drug-likeness (QED) is 0.669. The summed E-state index contributed by atoms with van der Waals surface area (Å²) in [7, 11) is 1.73. The van der Waals surface area contributed by atoms with E-state index in [9.17, 15) is 9.46 Å². The molecule has 0 bridgehead atoms. The Hall–Kier alpha value is 0.0300. The van der Waals surface area contributed by atoms with Crippen molar-refractivity contribution in [1.82, 2.24) is 10.2 Å². The molecule has 2 N–H and O–H groups in total. The molecule has 7 heteroatoms. The van der Waals surface area contributed by atoms with Crippen LogP contribution in [-0.4, -0.2) is 55.2 Å². The van der Waals surface area contributed by atoms with Crippen LogP contribution in [0, 0.1) is 5.41 Å². The van der Waals surface area contributed by atoms with Gasteiger partial charge in [0.15, 0.2) is 0 Å². The molecule has 0 amide bonds. The Kier molecular flexibility index (Phi) is 7.54. The standard InChI is InChI=1S/C14H33N2O4P/c1-11(19-21(17,18)20-13(2,3)4)12(15-7)14(5,6)10-16(8)9/h11-12,15H,10H2,1-9H3,(H,17,18). The van der Waals surface area contributed by atoms with Crippen molar-refractivity contribution in [1.29, 1.82) is 0 Å². The highest BCUT2D eigenvalue weighted by Crippen LogP contribution is 2.49. The van der Waals surface area contributed by atoms with Gasteiger partial charge in [0.1, 0.15) is 0 Å². The summed E-state index contributed by atoms with van der Waals surface area (Å²) in [4.78, 5) is 12.0. The monoisotopic (exact) mass is 324 g/mol. The number of phosphoric ester groups is 1. The fourth-order valence-corrected chi connectivity index (χ4v) is 4.09. The topological polar surface area (TPSA) is 71.0 Å². The average molecular weight is 324 g/mol. The van der Waals surface area contributed by atoms with Gasteiger partial charge in [-0.1, -0.05) is 13.8 Å². The molecular formula is C14H33N2O4P. The highest BCUT2D eigenvalue weighted by molar-refractivity contribution is 7.47. The fraction of sp³-hybridized carbons (Fsp3) is 1.00. The lowest BCUT2D eigenvalue weighted by atomic mass is 9.81. The number of nitrogens with zero attached hydrogens (tertiary/aromatic N) is 1. The Balaban J connectivity index is 4.95. The highest BCUT2D eigenvalue weighted by atomic mass is 31.2. The van der Waals surface area contributed by atoms with Crippen LogP contribution in [0.4, 0.5) is 0 Å². The molecule has 3 atom stereocenters. The number of phosphoric acid groups is 1. The summed E-state index contributed by atoms with van der Waals surface area (Å²) in [6.45, 7) is 12.0. The molecule has 0 saturated heterocycles. The number of hydrogen-bond donors (Lipinski definition) is 2. The largest absolute Gasteiger partial charge is 0.473 e. The van der Waals surface area contributed by atoms with Gasteiger partial charge in [-0.25, -0.2) is 4.57 Å². The van der Waals surface area contributed by atoms with Crippen molar-refractivity contribution >= 4 is 7.82 Å². The van der Waals surface area contributed by atoms with E-state index >= 15 is 0 Å². The van der Waals surface area contributed by atoms with Crippen LogP contribution in [0.1, 0.15) is 41.5 Å². The van der Waals surface area contributed by atoms with Gasteiger partial charge in [-0.15, -0.1) is 0 Å². The molecule has 0 aromatic carbocycles. The summed E-state index contributed by atoms with van der Waals surface area (Å²) in [5.41, 5.74) is -0.877. The Morgan fingerprint density at radius 2 is 1.71 bits per heavy atom. The summed E-state index contributed by atoms with van der Waals surface area (Å²) in [6.07, 6.45) is -0.469. The van der Waals surface area contributed by atoms with Crippen LogP contribution in [0.2, 0.25) is 0 Å². The molecule has 0 aliphatic carbocycles. The van der Waals surface area contributed by atoms with Crippen LogP contribution in [-0.2, 0) is 13.6 Å². The lowest BCUT2D eigenvalue weighted by Gasteiger charge is -2.40. The van der Waals surface area contributed by atoms with Crippen LogP contribution in [0.5, 0.6) is 0 Å². The number of rotatable bonds is 8. The minimum atomic E-state index is -4.09. The van der Waals surface area contributed by atoms with Crippen molar-refractivity contribution in [2.24, 2.45) is 5.41 Å². The fourth-order valence-electron chi connectivity index (χ4n) is 2.81.